The number of carbonyl (C=O) groups excluding carboxylic acids is 2. The minimum absolute atomic E-state index is 0.268. The van der Waals surface area contributed by atoms with Gasteiger partial charge < -0.3 is 4.74 Å². The van der Waals surface area contributed by atoms with Gasteiger partial charge in [0.15, 0.2) is 5.13 Å². The molecule has 0 aliphatic carbocycles. The standard InChI is InChI=1S/C17H14N2O3S2/c1-22-16(21)11-5-3-10(4-6-11)15(20)19-17-18-13-8-7-12(23-2)9-14(13)24-17/h3-9H,1-2H3,(H,18,19,20). The second-order valence-corrected chi connectivity index (χ2v) is 6.79. The molecule has 0 saturated carbocycles. The first-order valence-corrected chi connectivity index (χ1v) is 9.09. The number of rotatable bonds is 4. The topological polar surface area (TPSA) is 68.3 Å². The van der Waals surface area contributed by atoms with E-state index in [2.05, 4.69) is 21.1 Å². The number of benzene rings is 2. The third-order valence-electron chi connectivity index (χ3n) is 3.38. The fourth-order valence-corrected chi connectivity index (χ4v) is 3.54. The summed E-state index contributed by atoms with van der Waals surface area (Å²) in [7, 11) is 1.32. The van der Waals surface area contributed by atoms with Crippen molar-refractivity contribution >= 4 is 50.3 Å². The fraction of sp³-hybridized carbons (Fsp3) is 0.118. The molecule has 0 bridgehead atoms. The molecule has 0 fully saturated rings. The van der Waals surface area contributed by atoms with Crippen molar-refractivity contribution in [2.24, 2.45) is 0 Å². The second kappa shape index (κ2) is 7.02. The molecule has 0 aliphatic rings. The van der Waals surface area contributed by atoms with Gasteiger partial charge in [0.1, 0.15) is 0 Å². The molecule has 24 heavy (non-hydrogen) atoms. The van der Waals surface area contributed by atoms with Crippen LogP contribution in [0.15, 0.2) is 47.4 Å². The molecule has 2 aromatic carbocycles. The molecule has 3 rings (SSSR count). The predicted molar refractivity (Wildman–Crippen MR) is 97.1 cm³/mol. The molecule has 1 aromatic heterocycles. The van der Waals surface area contributed by atoms with E-state index in [4.69, 9.17) is 0 Å². The number of amides is 1. The molecule has 5 nitrogen and oxygen atoms in total. The quantitative estimate of drug-likeness (QED) is 0.563. The lowest BCUT2D eigenvalue weighted by Crippen LogP contribution is -2.12. The highest BCUT2D eigenvalue weighted by Gasteiger charge is 2.12. The van der Waals surface area contributed by atoms with Crippen LogP contribution in [0, 0.1) is 0 Å². The van der Waals surface area contributed by atoms with E-state index in [1.807, 2.05) is 18.4 Å². The van der Waals surface area contributed by atoms with Crippen molar-refractivity contribution in [3.05, 3.63) is 53.6 Å². The van der Waals surface area contributed by atoms with Crippen LogP contribution in [0.2, 0.25) is 0 Å². The Bertz CT molecular complexity index is 904. The Morgan fingerprint density at radius 1 is 1.12 bits per heavy atom. The highest BCUT2D eigenvalue weighted by molar-refractivity contribution is 7.98. The summed E-state index contributed by atoms with van der Waals surface area (Å²) in [6.07, 6.45) is 2.02. The van der Waals surface area contributed by atoms with Gasteiger partial charge in [-0.25, -0.2) is 9.78 Å². The molecule has 3 aromatic rings. The minimum atomic E-state index is -0.433. The normalized spacial score (nSPS) is 10.6. The van der Waals surface area contributed by atoms with Crippen LogP contribution in [0.5, 0.6) is 0 Å². The monoisotopic (exact) mass is 358 g/mol. The van der Waals surface area contributed by atoms with Crippen LogP contribution in [-0.4, -0.2) is 30.2 Å². The third kappa shape index (κ3) is 3.42. The molecule has 0 unspecified atom stereocenters. The highest BCUT2D eigenvalue weighted by atomic mass is 32.2. The van der Waals surface area contributed by atoms with Crippen molar-refractivity contribution in [1.82, 2.24) is 4.98 Å². The Labute approximate surface area is 147 Å². The number of thiazole rings is 1. The zero-order valence-corrected chi connectivity index (χ0v) is 14.7. The van der Waals surface area contributed by atoms with E-state index in [0.717, 1.165) is 15.1 Å². The first kappa shape index (κ1) is 16.5. The lowest BCUT2D eigenvalue weighted by molar-refractivity contribution is 0.0600. The largest absolute Gasteiger partial charge is 0.465 e. The Morgan fingerprint density at radius 3 is 2.50 bits per heavy atom. The van der Waals surface area contributed by atoms with Crippen LogP contribution in [0.3, 0.4) is 0 Å². The zero-order valence-electron chi connectivity index (χ0n) is 13.0. The van der Waals surface area contributed by atoms with Gasteiger partial charge in [-0.05, 0) is 48.7 Å². The zero-order chi connectivity index (χ0) is 17.1. The summed E-state index contributed by atoms with van der Waals surface area (Å²) < 4.78 is 5.66. The van der Waals surface area contributed by atoms with E-state index >= 15 is 0 Å². The summed E-state index contributed by atoms with van der Waals surface area (Å²) in [6, 6.07) is 12.3. The van der Waals surface area contributed by atoms with Gasteiger partial charge >= 0.3 is 5.97 Å². The lowest BCUT2D eigenvalue weighted by atomic mass is 10.1. The highest BCUT2D eigenvalue weighted by Crippen LogP contribution is 2.29. The van der Waals surface area contributed by atoms with Gasteiger partial charge in [0.2, 0.25) is 0 Å². The average Bonchev–Trinajstić information content (AvgIpc) is 3.02. The smallest absolute Gasteiger partial charge is 0.337 e. The maximum atomic E-state index is 12.3. The van der Waals surface area contributed by atoms with Crippen LogP contribution >= 0.6 is 23.1 Å². The maximum absolute atomic E-state index is 12.3. The number of ether oxygens (including phenoxy) is 1. The van der Waals surface area contributed by atoms with Gasteiger partial charge in [0.25, 0.3) is 5.91 Å². The van der Waals surface area contributed by atoms with Crippen molar-refractivity contribution in [2.75, 3.05) is 18.7 Å². The molecule has 122 valence electrons. The molecule has 1 heterocycles. The molecule has 1 N–H and O–H groups in total. The number of carbonyl (C=O) groups is 2. The summed E-state index contributed by atoms with van der Waals surface area (Å²) in [5.41, 5.74) is 1.71. The number of hydrogen-bond acceptors (Lipinski definition) is 6. The fourth-order valence-electron chi connectivity index (χ4n) is 2.13. The number of anilines is 1. The molecule has 7 heteroatoms. The van der Waals surface area contributed by atoms with Crippen LogP contribution in [0.4, 0.5) is 5.13 Å². The van der Waals surface area contributed by atoms with Crippen LogP contribution in [-0.2, 0) is 4.74 Å². The number of thioether (sulfide) groups is 1. The number of fused-ring (bicyclic) bond motifs is 1. The SMILES string of the molecule is COC(=O)c1ccc(C(=O)Nc2nc3ccc(SC)cc3s2)cc1. The summed E-state index contributed by atoms with van der Waals surface area (Å²) in [5, 5.41) is 3.34. The molecular weight excluding hydrogens is 344 g/mol. The van der Waals surface area contributed by atoms with E-state index < -0.39 is 5.97 Å². The Kier molecular flexibility index (Phi) is 4.82. The summed E-state index contributed by atoms with van der Waals surface area (Å²) in [5.74, 6) is -0.701. The van der Waals surface area contributed by atoms with Gasteiger partial charge in [-0.15, -0.1) is 11.8 Å². The molecule has 0 saturated heterocycles. The summed E-state index contributed by atoms with van der Waals surface area (Å²) in [4.78, 5) is 29.3. The molecular formula is C17H14N2O3S2. The van der Waals surface area contributed by atoms with Crippen LogP contribution < -0.4 is 5.32 Å². The van der Waals surface area contributed by atoms with Crippen molar-refractivity contribution in [3.8, 4) is 0 Å². The second-order valence-electron chi connectivity index (χ2n) is 4.88. The Morgan fingerprint density at radius 2 is 1.83 bits per heavy atom. The van der Waals surface area contributed by atoms with Gasteiger partial charge in [-0.2, -0.15) is 0 Å². The van der Waals surface area contributed by atoms with Gasteiger partial charge in [-0.1, -0.05) is 11.3 Å². The van der Waals surface area contributed by atoms with Gasteiger partial charge in [0.05, 0.1) is 22.9 Å². The van der Waals surface area contributed by atoms with Gasteiger partial charge in [-0.3, -0.25) is 10.1 Å². The molecule has 0 aliphatic heterocycles. The van der Waals surface area contributed by atoms with E-state index in [1.165, 1.54) is 18.4 Å². The molecule has 0 spiro atoms. The van der Waals surface area contributed by atoms with Crippen molar-refractivity contribution in [3.63, 3.8) is 0 Å². The van der Waals surface area contributed by atoms with Crippen molar-refractivity contribution in [1.29, 1.82) is 0 Å². The number of nitrogens with one attached hydrogen (secondary N) is 1. The molecule has 1 amide bonds. The Hall–Kier alpha value is -2.38. The summed E-state index contributed by atoms with van der Waals surface area (Å²) in [6.45, 7) is 0. The number of esters is 1. The number of nitrogens with zero attached hydrogens (tertiary/aromatic N) is 1. The van der Waals surface area contributed by atoms with Crippen LogP contribution in [0.1, 0.15) is 20.7 Å². The number of hydrogen-bond donors (Lipinski definition) is 1. The average molecular weight is 358 g/mol. The molecule has 0 radical (unpaired) electrons. The summed E-state index contributed by atoms with van der Waals surface area (Å²) >= 11 is 3.09. The molecule has 0 atom stereocenters. The Balaban J connectivity index is 1.78. The maximum Gasteiger partial charge on any atom is 0.337 e. The number of aromatic nitrogens is 1. The number of methoxy groups -OCH3 is 1. The van der Waals surface area contributed by atoms with E-state index in [1.54, 1.807) is 36.0 Å². The van der Waals surface area contributed by atoms with Crippen molar-refractivity contribution in [2.45, 2.75) is 4.90 Å². The first-order valence-electron chi connectivity index (χ1n) is 7.05. The minimum Gasteiger partial charge on any atom is -0.465 e. The first-order chi connectivity index (χ1) is 11.6. The van der Waals surface area contributed by atoms with E-state index in [0.29, 0.717) is 16.3 Å². The van der Waals surface area contributed by atoms with Crippen molar-refractivity contribution < 1.29 is 14.3 Å². The van der Waals surface area contributed by atoms with E-state index in [-0.39, 0.29) is 5.91 Å². The lowest BCUT2D eigenvalue weighted by Gasteiger charge is -2.03. The van der Waals surface area contributed by atoms with Gasteiger partial charge in [0, 0.05) is 10.5 Å². The third-order valence-corrected chi connectivity index (χ3v) is 5.04. The predicted octanol–water partition coefficient (Wildman–Crippen LogP) is 4.06. The van der Waals surface area contributed by atoms with Crippen LogP contribution in [0.25, 0.3) is 10.2 Å². The van der Waals surface area contributed by atoms with E-state index in [9.17, 15) is 9.59 Å².